The van der Waals surface area contributed by atoms with Gasteiger partial charge in [0.05, 0.1) is 27.5 Å². The molecule has 0 aliphatic rings. The van der Waals surface area contributed by atoms with Crippen LogP contribution in [-0.2, 0) is 17.4 Å². The minimum Gasteiger partial charge on any atom is -0.611 e. The van der Waals surface area contributed by atoms with Crippen molar-refractivity contribution >= 4 is 40.6 Å². The fourth-order valence-electron chi connectivity index (χ4n) is 2.22. The van der Waals surface area contributed by atoms with Gasteiger partial charge in [0.2, 0.25) is 4.90 Å². The lowest BCUT2D eigenvalue weighted by Crippen LogP contribution is -2.09. The molecule has 0 fully saturated rings. The molecule has 0 aliphatic carbocycles. The molecule has 1 unspecified atom stereocenters. The first kappa shape index (κ1) is 19.9. The van der Waals surface area contributed by atoms with Gasteiger partial charge in [0.15, 0.2) is 5.69 Å². The smallest absolute Gasteiger partial charge is 0.416 e. The average Bonchev–Trinajstić information content (AvgIpc) is 2.82. The lowest BCUT2D eigenvalue weighted by atomic mass is 10.2. The van der Waals surface area contributed by atoms with E-state index in [1.807, 2.05) is 0 Å². The molecular formula is C14H12Cl2F3N3O2S. The highest BCUT2D eigenvalue weighted by Gasteiger charge is 2.33. The monoisotopic (exact) mass is 413 g/mol. The molecule has 25 heavy (non-hydrogen) atoms. The van der Waals surface area contributed by atoms with Gasteiger partial charge in [0.1, 0.15) is 11.4 Å². The van der Waals surface area contributed by atoms with Crippen molar-refractivity contribution in [2.45, 2.75) is 24.9 Å². The van der Waals surface area contributed by atoms with E-state index in [0.29, 0.717) is 5.69 Å². The van der Waals surface area contributed by atoms with Crippen LogP contribution in [0.3, 0.4) is 0 Å². The van der Waals surface area contributed by atoms with Crippen LogP contribution in [0, 0.1) is 6.92 Å². The summed E-state index contributed by atoms with van der Waals surface area (Å²) in [6.45, 7) is 3.25. The van der Waals surface area contributed by atoms with Gasteiger partial charge in [-0.25, -0.2) is 4.68 Å². The van der Waals surface area contributed by atoms with E-state index in [-0.39, 0.29) is 32.1 Å². The predicted octanol–water partition coefficient (Wildman–Crippen LogP) is 4.44. The lowest BCUT2D eigenvalue weighted by Gasteiger charge is -2.13. The molecule has 1 heterocycles. The van der Waals surface area contributed by atoms with Crippen LogP contribution in [0.2, 0.25) is 10.0 Å². The summed E-state index contributed by atoms with van der Waals surface area (Å²) in [5.74, 6) is 0.271. The van der Waals surface area contributed by atoms with Crippen LogP contribution in [0.4, 0.5) is 13.2 Å². The number of aromatic nitrogens is 2. The molecule has 1 atom stereocenters. The molecule has 0 spiro atoms. The Morgan fingerprint density at radius 2 is 1.92 bits per heavy atom. The molecule has 0 bridgehead atoms. The maximum Gasteiger partial charge on any atom is 0.416 e. The van der Waals surface area contributed by atoms with E-state index in [1.54, 1.807) is 13.8 Å². The molecular weight excluding hydrogens is 402 g/mol. The molecule has 0 saturated carbocycles. The Morgan fingerprint density at radius 3 is 2.36 bits per heavy atom. The van der Waals surface area contributed by atoms with Crippen molar-refractivity contribution in [3.8, 4) is 5.69 Å². The maximum atomic E-state index is 12.9. The number of alkyl halides is 3. The molecule has 2 aromatic rings. The highest BCUT2D eigenvalue weighted by molar-refractivity contribution is 7.91. The van der Waals surface area contributed by atoms with E-state index < -0.39 is 22.9 Å². The molecule has 1 N–H and O–H groups in total. The zero-order valence-corrected chi connectivity index (χ0v) is 15.3. The van der Waals surface area contributed by atoms with Crippen molar-refractivity contribution in [3.63, 3.8) is 0 Å². The van der Waals surface area contributed by atoms with Gasteiger partial charge >= 0.3 is 6.18 Å². The zero-order valence-electron chi connectivity index (χ0n) is 12.9. The van der Waals surface area contributed by atoms with Crippen LogP contribution in [0.15, 0.2) is 22.2 Å². The normalized spacial score (nSPS) is 13.6. The second-order valence-corrected chi connectivity index (χ2v) is 7.37. The Kier molecular flexibility index (Phi) is 5.93. The third kappa shape index (κ3) is 3.89. The van der Waals surface area contributed by atoms with Crippen molar-refractivity contribution in [1.82, 2.24) is 9.78 Å². The van der Waals surface area contributed by atoms with Crippen molar-refractivity contribution in [1.29, 1.82) is 0 Å². The Bertz CT molecular complexity index is 801. The van der Waals surface area contributed by atoms with Crippen molar-refractivity contribution < 1.29 is 22.9 Å². The third-order valence-electron chi connectivity index (χ3n) is 3.31. The molecule has 0 radical (unpaired) electrons. The average molecular weight is 414 g/mol. The molecule has 1 aromatic carbocycles. The summed E-state index contributed by atoms with van der Waals surface area (Å²) < 4.78 is 52.0. The summed E-state index contributed by atoms with van der Waals surface area (Å²) in [5.41, 5.74) is -0.516. The molecule has 0 aliphatic heterocycles. The van der Waals surface area contributed by atoms with Gasteiger partial charge < -0.3 is 9.76 Å². The molecule has 1 aromatic heterocycles. The quantitative estimate of drug-likeness (QED) is 0.348. The number of benzene rings is 1. The van der Waals surface area contributed by atoms with Gasteiger partial charge in [0, 0.05) is 0 Å². The van der Waals surface area contributed by atoms with E-state index >= 15 is 0 Å². The fourth-order valence-corrected chi connectivity index (χ4v) is 3.90. The molecule has 2 rings (SSSR count). The highest BCUT2D eigenvalue weighted by Crippen LogP contribution is 2.38. The largest absolute Gasteiger partial charge is 0.611 e. The van der Waals surface area contributed by atoms with Crippen molar-refractivity contribution in [2.24, 2.45) is 5.16 Å². The van der Waals surface area contributed by atoms with Crippen molar-refractivity contribution in [3.05, 3.63) is 39.1 Å². The molecule has 11 heteroatoms. The van der Waals surface area contributed by atoms with Crippen molar-refractivity contribution in [2.75, 3.05) is 5.75 Å². The second kappa shape index (κ2) is 7.45. The Morgan fingerprint density at radius 1 is 1.36 bits per heavy atom. The first-order valence-corrected chi connectivity index (χ1v) is 8.91. The Balaban J connectivity index is 2.71. The second-order valence-electron chi connectivity index (χ2n) is 4.88. The number of hydrogen-bond acceptors (Lipinski definition) is 4. The molecule has 136 valence electrons. The van der Waals surface area contributed by atoms with Crippen LogP contribution >= 0.6 is 23.2 Å². The Labute approximate surface area is 154 Å². The standard InChI is InChI=1S/C14H12Cl2F3N3O2S/c1-3-25(24)13-7(2)22(21-11(13)6-20-23)12-9(15)4-8(5-10(12)16)14(17,18)19/h4-6,23H,3H2,1-2H3. The molecule has 0 saturated heterocycles. The SMILES string of the molecule is CC[S+]([O-])c1c(C=NO)nn(-c2c(Cl)cc(C(F)(F)F)cc2Cl)c1C. The lowest BCUT2D eigenvalue weighted by molar-refractivity contribution is -0.137. The van der Waals surface area contributed by atoms with E-state index in [9.17, 15) is 17.7 Å². The van der Waals surface area contributed by atoms with E-state index in [0.717, 1.165) is 18.3 Å². The summed E-state index contributed by atoms with van der Waals surface area (Å²) >= 11 is 10.5. The van der Waals surface area contributed by atoms with E-state index in [1.165, 1.54) is 4.68 Å². The van der Waals surface area contributed by atoms with E-state index in [2.05, 4.69) is 10.3 Å². The summed E-state index contributed by atoms with van der Waals surface area (Å²) in [7, 11) is 0. The summed E-state index contributed by atoms with van der Waals surface area (Å²) in [6, 6.07) is 1.47. The predicted molar refractivity (Wildman–Crippen MR) is 89.7 cm³/mol. The number of rotatable bonds is 4. The maximum absolute atomic E-state index is 12.9. The number of hydrogen-bond donors (Lipinski definition) is 1. The van der Waals surface area contributed by atoms with Crippen LogP contribution in [0.25, 0.3) is 5.69 Å². The first-order valence-electron chi connectivity index (χ1n) is 6.83. The summed E-state index contributed by atoms with van der Waals surface area (Å²) in [5, 5.41) is 15.2. The molecule has 0 amide bonds. The van der Waals surface area contributed by atoms with Crippen LogP contribution in [-0.4, -0.2) is 31.5 Å². The highest BCUT2D eigenvalue weighted by atomic mass is 35.5. The number of halogens is 5. The summed E-state index contributed by atoms with van der Waals surface area (Å²) in [4.78, 5) is 0.285. The van der Waals surface area contributed by atoms with E-state index in [4.69, 9.17) is 28.4 Å². The minimum atomic E-state index is -4.60. The van der Waals surface area contributed by atoms with Gasteiger partial charge in [-0.1, -0.05) is 28.4 Å². The molecule has 5 nitrogen and oxygen atoms in total. The zero-order chi connectivity index (χ0) is 18.9. The van der Waals surface area contributed by atoms with Gasteiger partial charge in [-0.15, -0.1) is 0 Å². The summed E-state index contributed by atoms with van der Waals surface area (Å²) in [6.07, 6.45) is -3.62. The van der Waals surface area contributed by atoms with Gasteiger partial charge in [0.25, 0.3) is 0 Å². The fraction of sp³-hybridized carbons (Fsp3) is 0.286. The number of oxime groups is 1. The van der Waals surface area contributed by atoms with Crippen LogP contribution in [0.5, 0.6) is 0 Å². The van der Waals surface area contributed by atoms with Crippen LogP contribution in [0.1, 0.15) is 23.9 Å². The minimum absolute atomic E-state index is 0.0146. The Hall–Kier alpha value is -1.42. The number of nitrogens with zero attached hydrogens (tertiary/aromatic N) is 3. The topological polar surface area (TPSA) is 73.5 Å². The van der Waals surface area contributed by atoms with Gasteiger partial charge in [-0.2, -0.15) is 18.3 Å². The van der Waals surface area contributed by atoms with Gasteiger partial charge in [-0.3, -0.25) is 0 Å². The first-order chi connectivity index (χ1) is 11.6. The third-order valence-corrected chi connectivity index (χ3v) is 5.37. The van der Waals surface area contributed by atoms with Gasteiger partial charge in [-0.05, 0) is 37.2 Å². The van der Waals surface area contributed by atoms with Crippen LogP contribution < -0.4 is 0 Å².